The summed E-state index contributed by atoms with van der Waals surface area (Å²) < 4.78 is 36.1. The average Bonchev–Trinajstić information content (AvgIpc) is 2.63. The van der Waals surface area contributed by atoms with E-state index in [-0.39, 0.29) is 11.5 Å². The summed E-state index contributed by atoms with van der Waals surface area (Å²) in [6.45, 7) is 2.32. The van der Waals surface area contributed by atoms with Crippen molar-refractivity contribution in [2.45, 2.75) is 20.0 Å². The monoisotopic (exact) mass is 377 g/mol. The maximum atomic E-state index is 13.1. The van der Waals surface area contributed by atoms with Crippen molar-refractivity contribution in [1.82, 2.24) is 0 Å². The van der Waals surface area contributed by atoms with Crippen molar-refractivity contribution >= 4 is 23.3 Å². The number of carbonyl (C=O) groups is 3. The number of amides is 1. The van der Waals surface area contributed by atoms with E-state index in [4.69, 9.17) is 9.47 Å². The third-order valence-electron chi connectivity index (χ3n) is 3.48. The standard InChI is InChI=1S/C19H17F2NO5/c1-11(23)13-3-6-15(7-4-13)26-10-18(24)27-12(2)19(25)22-14-5-8-16(20)17(21)9-14/h3-9,12H,10H2,1-2H3,(H,22,25)/t12-/m1/s1. The van der Waals surface area contributed by atoms with Gasteiger partial charge in [0.1, 0.15) is 5.75 Å². The first-order valence-electron chi connectivity index (χ1n) is 7.95. The van der Waals surface area contributed by atoms with Gasteiger partial charge in [-0.15, -0.1) is 0 Å². The summed E-state index contributed by atoms with van der Waals surface area (Å²) in [5.74, 6) is -3.39. The number of Topliss-reactive ketones (excluding diaryl/α,β-unsaturated/α-hetero) is 1. The van der Waals surface area contributed by atoms with Gasteiger partial charge in [-0.2, -0.15) is 0 Å². The maximum absolute atomic E-state index is 13.1. The molecule has 0 bridgehead atoms. The molecule has 0 radical (unpaired) electrons. The number of ether oxygens (including phenoxy) is 2. The highest BCUT2D eigenvalue weighted by Crippen LogP contribution is 2.14. The summed E-state index contributed by atoms with van der Waals surface area (Å²) in [4.78, 5) is 34.9. The summed E-state index contributed by atoms with van der Waals surface area (Å²) in [5.41, 5.74) is 0.538. The molecule has 0 aliphatic carbocycles. The highest BCUT2D eigenvalue weighted by atomic mass is 19.2. The van der Waals surface area contributed by atoms with Crippen LogP contribution in [0.4, 0.5) is 14.5 Å². The molecule has 0 saturated heterocycles. The molecule has 0 saturated carbocycles. The van der Waals surface area contributed by atoms with Crippen LogP contribution < -0.4 is 10.1 Å². The van der Waals surface area contributed by atoms with Crippen LogP contribution in [0, 0.1) is 11.6 Å². The second-order valence-electron chi connectivity index (χ2n) is 5.62. The van der Waals surface area contributed by atoms with Gasteiger partial charge >= 0.3 is 5.97 Å². The largest absolute Gasteiger partial charge is 0.482 e. The fourth-order valence-corrected chi connectivity index (χ4v) is 2.03. The number of esters is 1. The Hall–Kier alpha value is -3.29. The van der Waals surface area contributed by atoms with Crippen LogP contribution in [-0.2, 0) is 14.3 Å². The minimum atomic E-state index is -1.17. The lowest BCUT2D eigenvalue weighted by Gasteiger charge is -2.14. The van der Waals surface area contributed by atoms with Crippen molar-refractivity contribution in [3.05, 3.63) is 59.7 Å². The molecule has 142 valence electrons. The van der Waals surface area contributed by atoms with E-state index in [9.17, 15) is 23.2 Å². The Morgan fingerprint density at radius 3 is 2.30 bits per heavy atom. The van der Waals surface area contributed by atoms with E-state index in [1.165, 1.54) is 32.0 Å². The molecule has 1 atom stereocenters. The van der Waals surface area contributed by atoms with Gasteiger partial charge in [0.15, 0.2) is 30.1 Å². The molecule has 2 aromatic rings. The molecular weight excluding hydrogens is 360 g/mol. The van der Waals surface area contributed by atoms with Gasteiger partial charge in [-0.25, -0.2) is 13.6 Å². The lowest BCUT2D eigenvalue weighted by atomic mass is 10.1. The summed E-state index contributed by atoms with van der Waals surface area (Å²) in [7, 11) is 0. The molecule has 2 rings (SSSR count). The molecule has 0 aromatic heterocycles. The number of hydrogen-bond donors (Lipinski definition) is 1. The molecule has 1 N–H and O–H groups in total. The van der Waals surface area contributed by atoms with E-state index in [1.54, 1.807) is 12.1 Å². The molecule has 27 heavy (non-hydrogen) atoms. The lowest BCUT2D eigenvalue weighted by Crippen LogP contribution is -2.31. The van der Waals surface area contributed by atoms with Gasteiger partial charge in [-0.3, -0.25) is 9.59 Å². The fraction of sp³-hybridized carbons (Fsp3) is 0.211. The zero-order valence-corrected chi connectivity index (χ0v) is 14.6. The molecule has 6 nitrogen and oxygen atoms in total. The lowest BCUT2D eigenvalue weighted by molar-refractivity contribution is -0.155. The van der Waals surface area contributed by atoms with Crippen LogP contribution in [0.25, 0.3) is 0 Å². The zero-order valence-electron chi connectivity index (χ0n) is 14.6. The van der Waals surface area contributed by atoms with Gasteiger partial charge < -0.3 is 14.8 Å². The Labute approximate surface area is 154 Å². The second kappa shape index (κ2) is 8.88. The SMILES string of the molecule is CC(=O)c1ccc(OCC(=O)O[C@H](C)C(=O)Nc2ccc(F)c(F)c2)cc1. The summed E-state index contributed by atoms with van der Waals surface area (Å²) in [6, 6.07) is 9.04. The van der Waals surface area contributed by atoms with Crippen LogP contribution in [0.15, 0.2) is 42.5 Å². The highest BCUT2D eigenvalue weighted by Gasteiger charge is 2.19. The molecule has 0 unspecified atom stereocenters. The predicted octanol–water partition coefficient (Wildman–Crippen LogP) is 3.12. The first kappa shape index (κ1) is 20.0. The van der Waals surface area contributed by atoms with Crippen molar-refractivity contribution in [1.29, 1.82) is 0 Å². The summed E-state index contributed by atoms with van der Waals surface area (Å²) >= 11 is 0. The van der Waals surface area contributed by atoms with Gasteiger partial charge in [0.25, 0.3) is 5.91 Å². The number of rotatable bonds is 7. The molecule has 1 amide bonds. The highest BCUT2D eigenvalue weighted by molar-refractivity contribution is 5.95. The molecule has 0 spiro atoms. The van der Waals surface area contributed by atoms with E-state index in [2.05, 4.69) is 5.32 Å². The summed E-state index contributed by atoms with van der Waals surface area (Å²) in [5, 5.41) is 2.31. The van der Waals surface area contributed by atoms with Gasteiger partial charge in [0.05, 0.1) is 0 Å². The van der Waals surface area contributed by atoms with Crippen LogP contribution in [0.1, 0.15) is 24.2 Å². The Balaban J connectivity index is 1.82. The molecular formula is C19H17F2NO5. The van der Waals surface area contributed by atoms with Crippen molar-refractivity contribution in [3.63, 3.8) is 0 Å². The summed E-state index contributed by atoms with van der Waals surface area (Å²) in [6.07, 6.45) is -1.17. The van der Waals surface area contributed by atoms with Gasteiger partial charge in [0, 0.05) is 17.3 Å². The van der Waals surface area contributed by atoms with Gasteiger partial charge in [0.2, 0.25) is 0 Å². The number of hydrogen-bond acceptors (Lipinski definition) is 5. The van der Waals surface area contributed by atoms with E-state index in [1.807, 2.05) is 0 Å². The molecule has 8 heteroatoms. The van der Waals surface area contributed by atoms with Crippen molar-refractivity contribution in [2.24, 2.45) is 0 Å². The third-order valence-corrected chi connectivity index (χ3v) is 3.48. The predicted molar refractivity (Wildman–Crippen MR) is 92.5 cm³/mol. The quantitative estimate of drug-likeness (QED) is 0.592. The Morgan fingerprint density at radius 2 is 1.70 bits per heavy atom. The smallest absolute Gasteiger partial charge is 0.344 e. The molecule has 0 heterocycles. The number of halogens is 2. The Morgan fingerprint density at radius 1 is 1.04 bits per heavy atom. The average molecular weight is 377 g/mol. The number of ketones is 1. The Kier molecular flexibility index (Phi) is 6.59. The van der Waals surface area contributed by atoms with E-state index in [0.29, 0.717) is 11.3 Å². The normalized spacial score (nSPS) is 11.4. The minimum absolute atomic E-state index is 0.0311. The number of benzene rings is 2. The molecule has 0 aliphatic heterocycles. The van der Waals surface area contributed by atoms with E-state index in [0.717, 1.165) is 12.1 Å². The van der Waals surface area contributed by atoms with Crippen molar-refractivity contribution in [2.75, 3.05) is 11.9 Å². The fourth-order valence-electron chi connectivity index (χ4n) is 2.03. The van der Waals surface area contributed by atoms with Gasteiger partial charge in [-0.05, 0) is 50.2 Å². The molecule has 2 aromatic carbocycles. The minimum Gasteiger partial charge on any atom is -0.482 e. The van der Waals surface area contributed by atoms with Crippen LogP contribution >= 0.6 is 0 Å². The van der Waals surface area contributed by atoms with Crippen molar-refractivity contribution < 1.29 is 32.6 Å². The number of anilines is 1. The molecule has 0 fully saturated rings. The van der Waals surface area contributed by atoms with Crippen molar-refractivity contribution in [3.8, 4) is 5.75 Å². The zero-order chi connectivity index (χ0) is 20.0. The first-order valence-corrected chi connectivity index (χ1v) is 7.95. The van der Waals surface area contributed by atoms with E-state index >= 15 is 0 Å². The number of carbonyl (C=O) groups excluding carboxylic acids is 3. The van der Waals surface area contributed by atoms with Gasteiger partial charge in [-0.1, -0.05) is 0 Å². The van der Waals surface area contributed by atoms with Crippen LogP contribution in [0.5, 0.6) is 5.75 Å². The van der Waals surface area contributed by atoms with Crippen LogP contribution in [-0.4, -0.2) is 30.4 Å². The molecule has 0 aliphatic rings. The second-order valence-corrected chi connectivity index (χ2v) is 5.62. The van der Waals surface area contributed by atoms with Crippen LogP contribution in [0.3, 0.4) is 0 Å². The topological polar surface area (TPSA) is 81.7 Å². The Bertz CT molecular complexity index is 852. The third kappa shape index (κ3) is 5.88. The number of nitrogens with one attached hydrogen (secondary N) is 1. The maximum Gasteiger partial charge on any atom is 0.344 e. The van der Waals surface area contributed by atoms with E-state index < -0.39 is 36.2 Å². The first-order chi connectivity index (χ1) is 12.8. The van der Waals surface area contributed by atoms with Crippen LogP contribution in [0.2, 0.25) is 0 Å².